The largest absolute Gasteiger partial charge is 0.394 e. The molecule has 0 bridgehead atoms. The van der Waals surface area contributed by atoms with Crippen LogP contribution in [0.4, 0.5) is 11.5 Å². The summed E-state index contributed by atoms with van der Waals surface area (Å²) in [4.78, 5) is 0. The Balaban J connectivity index is 2.01. The van der Waals surface area contributed by atoms with Crippen LogP contribution in [-0.2, 0) is 11.3 Å². The summed E-state index contributed by atoms with van der Waals surface area (Å²) in [5.74, 6) is 0.926. The third-order valence-electron chi connectivity index (χ3n) is 2.99. The second kappa shape index (κ2) is 4.74. The molecule has 1 aromatic rings. The molecule has 0 radical (unpaired) electrons. The lowest BCUT2D eigenvalue weighted by Gasteiger charge is -2.13. The lowest BCUT2D eigenvalue weighted by molar-refractivity contribution is 0.120. The maximum absolute atomic E-state index is 5.98. The topological polar surface area (TPSA) is 65.1 Å². The van der Waals surface area contributed by atoms with Crippen LogP contribution in [0.15, 0.2) is 0 Å². The smallest absolute Gasteiger partial charge is 0.148 e. The minimum atomic E-state index is 0.319. The minimum Gasteiger partial charge on any atom is -0.394 e. The molecule has 0 amide bonds. The van der Waals surface area contributed by atoms with Gasteiger partial charge in [-0.25, -0.2) is 4.68 Å². The average molecular weight is 224 g/mol. The lowest BCUT2D eigenvalue weighted by Crippen LogP contribution is -2.20. The maximum atomic E-state index is 5.98. The van der Waals surface area contributed by atoms with Gasteiger partial charge < -0.3 is 15.8 Å². The first-order chi connectivity index (χ1) is 7.72. The second-order valence-corrected chi connectivity index (χ2v) is 4.18. The van der Waals surface area contributed by atoms with Crippen molar-refractivity contribution >= 4 is 11.5 Å². The molecule has 90 valence electrons. The molecule has 1 aromatic heterocycles. The lowest BCUT2D eigenvalue weighted by atomic mass is 10.2. The number of aryl methyl sites for hydroxylation is 2. The highest BCUT2D eigenvalue weighted by Gasteiger charge is 2.17. The quantitative estimate of drug-likeness (QED) is 0.811. The van der Waals surface area contributed by atoms with Gasteiger partial charge in [0, 0.05) is 19.7 Å². The van der Waals surface area contributed by atoms with Gasteiger partial charge in [0.25, 0.3) is 0 Å². The Bertz CT molecular complexity index is 355. The van der Waals surface area contributed by atoms with E-state index in [0.29, 0.717) is 6.10 Å². The van der Waals surface area contributed by atoms with Gasteiger partial charge in [-0.15, -0.1) is 0 Å². The molecule has 0 spiro atoms. The molecule has 5 heteroatoms. The number of hydrogen-bond donors (Lipinski definition) is 2. The molecular weight excluding hydrogens is 204 g/mol. The number of aromatic nitrogens is 2. The van der Waals surface area contributed by atoms with E-state index in [1.54, 1.807) is 0 Å². The summed E-state index contributed by atoms with van der Waals surface area (Å²) in [6.45, 7) is 6.51. The van der Waals surface area contributed by atoms with E-state index in [9.17, 15) is 0 Å². The van der Waals surface area contributed by atoms with E-state index in [1.807, 2.05) is 11.6 Å². The Morgan fingerprint density at radius 1 is 1.62 bits per heavy atom. The molecule has 0 aromatic carbocycles. The monoisotopic (exact) mass is 224 g/mol. The van der Waals surface area contributed by atoms with Crippen molar-refractivity contribution in [1.29, 1.82) is 0 Å². The van der Waals surface area contributed by atoms with E-state index in [2.05, 4.69) is 17.3 Å². The van der Waals surface area contributed by atoms with Crippen molar-refractivity contribution in [2.24, 2.45) is 0 Å². The first-order valence-corrected chi connectivity index (χ1v) is 5.90. The van der Waals surface area contributed by atoms with E-state index in [1.165, 1.54) is 0 Å². The zero-order chi connectivity index (χ0) is 11.5. The predicted molar refractivity (Wildman–Crippen MR) is 64.5 cm³/mol. The second-order valence-electron chi connectivity index (χ2n) is 4.18. The predicted octanol–water partition coefficient (Wildman–Crippen LogP) is 1.38. The highest BCUT2D eigenvalue weighted by molar-refractivity contribution is 5.64. The molecule has 1 aliphatic heterocycles. The van der Waals surface area contributed by atoms with E-state index >= 15 is 0 Å². The normalized spacial score (nSPS) is 20.2. The summed E-state index contributed by atoms with van der Waals surface area (Å²) in [5.41, 5.74) is 7.61. The van der Waals surface area contributed by atoms with Crippen molar-refractivity contribution < 1.29 is 4.74 Å². The number of nitrogens with two attached hydrogens (primary N) is 1. The number of hydrogen-bond acceptors (Lipinski definition) is 4. The first-order valence-electron chi connectivity index (χ1n) is 5.90. The third-order valence-corrected chi connectivity index (χ3v) is 2.99. The number of anilines is 2. The highest BCUT2D eigenvalue weighted by Crippen LogP contribution is 2.23. The fourth-order valence-electron chi connectivity index (χ4n) is 2.03. The summed E-state index contributed by atoms with van der Waals surface area (Å²) in [6, 6.07) is 0. The zero-order valence-corrected chi connectivity index (χ0v) is 9.99. The summed E-state index contributed by atoms with van der Waals surface area (Å²) in [6.07, 6.45) is 2.61. The van der Waals surface area contributed by atoms with Gasteiger partial charge in [-0.3, -0.25) is 0 Å². The van der Waals surface area contributed by atoms with Crippen LogP contribution in [0.1, 0.15) is 25.5 Å². The van der Waals surface area contributed by atoms with E-state index in [4.69, 9.17) is 10.5 Å². The molecule has 1 fully saturated rings. The minimum absolute atomic E-state index is 0.319. The van der Waals surface area contributed by atoms with Crippen LogP contribution in [0.5, 0.6) is 0 Å². The van der Waals surface area contributed by atoms with Crippen LogP contribution in [-0.4, -0.2) is 29.0 Å². The molecule has 16 heavy (non-hydrogen) atoms. The molecule has 1 saturated heterocycles. The van der Waals surface area contributed by atoms with E-state index in [0.717, 1.165) is 49.7 Å². The number of nitrogen functional groups attached to an aromatic ring is 1. The first kappa shape index (κ1) is 11.3. The van der Waals surface area contributed by atoms with Crippen molar-refractivity contribution in [1.82, 2.24) is 9.78 Å². The van der Waals surface area contributed by atoms with Crippen molar-refractivity contribution in [2.75, 3.05) is 24.2 Å². The molecule has 2 rings (SSSR count). The molecule has 1 atom stereocenters. The Morgan fingerprint density at radius 2 is 2.44 bits per heavy atom. The van der Waals surface area contributed by atoms with Gasteiger partial charge in [-0.05, 0) is 26.7 Å². The molecule has 1 unspecified atom stereocenters. The third kappa shape index (κ3) is 2.14. The van der Waals surface area contributed by atoms with Crippen LogP contribution in [0, 0.1) is 6.92 Å². The van der Waals surface area contributed by atoms with Gasteiger partial charge in [0.1, 0.15) is 5.82 Å². The van der Waals surface area contributed by atoms with E-state index < -0.39 is 0 Å². The molecule has 0 aliphatic carbocycles. The highest BCUT2D eigenvalue weighted by atomic mass is 16.5. The van der Waals surface area contributed by atoms with Crippen LogP contribution < -0.4 is 11.1 Å². The summed E-state index contributed by atoms with van der Waals surface area (Å²) < 4.78 is 7.46. The maximum Gasteiger partial charge on any atom is 0.148 e. The van der Waals surface area contributed by atoms with Crippen LogP contribution in [0.25, 0.3) is 0 Å². The van der Waals surface area contributed by atoms with Gasteiger partial charge >= 0.3 is 0 Å². The Labute approximate surface area is 96.0 Å². The molecule has 0 saturated carbocycles. The molecule has 1 aliphatic rings. The Morgan fingerprint density at radius 3 is 3.06 bits per heavy atom. The number of ether oxygens (including phenoxy) is 1. The number of nitrogens with zero attached hydrogens (tertiary/aromatic N) is 2. The van der Waals surface area contributed by atoms with Crippen molar-refractivity contribution in [3.63, 3.8) is 0 Å². The molecule has 5 nitrogen and oxygen atoms in total. The fraction of sp³-hybridized carbons (Fsp3) is 0.727. The van der Waals surface area contributed by atoms with Crippen molar-refractivity contribution in [2.45, 2.75) is 39.3 Å². The zero-order valence-electron chi connectivity index (χ0n) is 9.99. The van der Waals surface area contributed by atoms with E-state index in [-0.39, 0.29) is 0 Å². The number of nitrogens with one attached hydrogen (secondary N) is 1. The van der Waals surface area contributed by atoms with Crippen LogP contribution in [0.2, 0.25) is 0 Å². The summed E-state index contributed by atoms with van der Waals surface area (Å²) in [5, 5.41) is 7.71. The average Bonchev–Trinajstić information content (AvgIpc) is 2.87. The number of rotatable bonds is 4. The standard InChI is InChI=1S/C11H20N4O/c1-3-15-11(10(12)8(2)14-15)13-7-9-5-4-6-16-9/h9,13H,3-7,12H2,1-2H3. The van der Waals surface area contributed by atoms with Crippen LogP contribution >= 0.6 is 0 Å². The van der Waals surface area contributed by atoms with Gasteiger partial charge in [0.2, 0.25) is 0 Å². The Kier molecular flexibility index (Phi) is 3.33. The fourth-order valence-corrected chi connectivity index (χ4v) is 2.03. The summed E-state index contributed by atoms with van der Waals surface area (Å²) >= 11 is 0. The van der Waals surface area contributed by atoms with Gasteiger partial charge in [-0.1, -0.05) is 0 Å². The van der Waals surface area contributed by atoms with Gasteiger partial charge in [0.05, 0.1) is 17.5 Å². The van der Waals surface area contributed by atoms with Crippen molar-refractivity contribution in [3.8, 4) is 0 Å². The Hall–Kier alpha value is -1.23. The van der Waals surface area contributed by atoms with Crippen LogP contribution in [0.3, 0.4) is 0 Å². The van der Waals surface area contributed by atoms with Crippen molar-refractivity contribution in [3.05, 3.63) is 5.69 Å². The SMILES string of the molecule is CCn1nc(C)c(N)c1NCC1CCCO1. The van der Waals surface area contributed by atoms with Gasteiger partial charge in [0.15, 0.2) is 0 Å². The molecule has 3 N–H and O–H groups in total. The molecular formula is C11H20N4O. The van der Waals surface area contributed by atoms with Gasteiger partial charge in [-0.2, -0.15) is 5.10 Å². The molecule has 2 heterocycles. The summed E-state index contributed by atoms with van der Waals surface area (Å²) in [7, 11) is 0.